The third kappa shape index (κ3) is 6.41. The summed E-state index contributed by atoms with van der Waals surface area (Å²) in [5.74, 6) is -5.15. The van der Waals surface area contributed by atoms with Gasteiger partial charge in [-0.05, 0) is 49.2 Å². The van der Waals surface area contributed by atoms with Crippen LogP contribution in [0.2, 0.25) is 5.02 Å². The third-order valence-electron chi connectivity index (χ3n) is 7.37. The lowest BCUT2D eigenvalue weighted by molar-refractivity contribution is -0.128. The topological polar surface area (TPSA) is 116 Å². The van der Waals surface area contributed by atoms with Crippen molar-refractivity contribution in [2.24, 2.45) is 0 Å². The van der Waals surface area contributed by atoms with Crippen molar-refractivity contribution in [1.82, 2.24) is 10.3 Å². The molecular weight excluding hydrogens is 587 g/mol. The van der Waals surface area contributed by atoms with Gasteiger partial charge >= 0.3 is 6.09 Å². The van der Waals surface area contributed by atoms with Crippen molar-refractivity contribution in [3.8, 4) is 6.07 Å². The predicted molar refractivity (Wildman–Crippen MR) is 150 cm³/mol. The van der Waals surface area contributed by atoms with E-state index in [1.54, 1.807) is 12.1 Å². The van der Waals surface area contributed by atoms with Gasteiger partial charge in [-0.2, -0.15) is 5.26 Å². The number of nitrogens with one attached hydrogen (secondary N) is 1. The van der Waals surface area contributed by atoms with E-state index in [9.17, 15) is 32.8 Å². The molecule has 222 valence electrons. The molecule has 1 aliphatic heterocycles. The molecule has 1 aromatic heterocycles. The summed E-state index contributed by atoms with van der Waals surface area (Å²) in [5, 5.41) is 12.2. The van der Waals surface area contributed by atoms with Gasteiger partial charge in [0.1, 0.15) is 24.3 Å². The summed E-state index contributed by atoms with van der Waals surface area (Å²) in [7, 11) is 0. The van der Waals surface area contributed by atoms with E-state index < -0.39 is 67.2 Å². The van der Waals surface area contributed by atoms with Crippen LogP contribution >= 0.6 is 11.6 Å². The van der Waals surface area contributed by atoms with Gasteiger partial charge in [0.25, 0.3) is 5.91 Å². The average molecular weight is 612 g/mol. The highest BCUT2D eigenvalue weighted by atomic mass is 35.5. The standard InChI is InChI=1S/C30H25ClF3N5O4/c31-23-7-2-1-6-22(23)26(27(40)37-20-8-11-30(33,34)12-9-20)38(21-5-3-4-19(32)15-21)28(41)24-17-43-29(42)39(24)25-14-18(16-35)10-13-36-25/h1-7,10,13-15,20,24,26H,8-9,11-12,17H2,(H,37,40)/t24-,26-/m0/s1. The first-order chi connectivity index (χ1) is 20.6. The van der Waals surface area contributed by atoms with Crippen LogP contribution in [0.25, 0.3) is 0 Å². The molecule has 1 saturated heterocycles. The summed E-state index contributed by atoms with van der Waals surface area (Å²) in [6, 6.07) is 12.4. The zero-order valence-corrected chi connectivity index (χ0v) is 23.3. The number of cyclic esters (lactones) is 1. The van der Waals surface area contributed by atoms with Crippen LogP contribution in [0.4, 0.5) is 29.5 Å². The maximum Gasteiger partial charge on any atom is 0.416 e. The lowest BCUT2D eigenvalue weighted by atomic mass is 9.91. The number of amides is 3. The smallest absolute Gasteiger partial charge is 0.416 e. The molecule has 2 fully saturated rings. The summed E-state index contributed by atoms with van der Waals surface area (Å²) in [4.78, 5) is 47.4. The Hall–Kier alpha value is -4.63. The molecule has 2 atom stereocenters. The fourth-order valence-corrected chi connectivity index (χ4v) is 5.46. The molecule has 1 aliphatic carbocycles. The lowest BCUT2D eigenvalue weighted by Gasteiger charge is -2.36. The number of halogens is 4. The first-order valence-electron chi connectivity index (χ1n) is 13.4. The molecule has 2 aromatic carbocycles. The maximum atomic E-state index is 14.6. The monoisotopic (exact) mass is 611 g/mol. The van der Waals surface area contributed by atoms with Crippen LogP contribution in [0.15, 0.2) is 66.9 Å². The van der Waals surface area contributed by atoms with Crippen LogP contribution in [0, 0.1) is 17.1 Å². The van der Waals surface area contributed by atoms with Crippen LogP contribution in [0.3, 0.4) is 0 Å². The highest BCUT2D eigenvalue weighted by Crippen LogP contribution is 2.37. The normalized spacial score (nSPS) is 18.8. The van der Waals surface area contributed by atoms with Gasteiger partial charge in [0.05, 0.1) is 11.6 Å². The van der Waals surface area contributed by atoms with Crippen molar-refractivity contribution in [3.05, 3.63) is 88.8 Å². The Labute approximate surface area is 249 Å². The molecule has 9 nitrogen and oxygen atoms in total. The van der Waals surface area contributed by atoms with Crippen LogP contribution in [0.1, 0.15) is 42.9 Å². The number of carbonyl (C=O) groups excluding carboxylic acids is 3. The first-order valence-corrected chi connectivity index (χ1v) is 13.8. The molecule has 2 aliphatic rings. The summed E-state index contributed by atoms with van der Waals surface area (Å²) >= 11 is 6.53. The molecule has 3 amide bonds. The van der Waals surface area contributed by atoms with Crippen LogP contribution in [-0.2, 0) is 14.3 Å². The molecule has 0 spiro atoms. The Morgan fingerprint density at radius 2 is 1.88 bits per heavy atom. The van der Waals surface area contributed by atoms with E-state index in [4.69, 9.17) is 16.3 Å². The Morgan fingerprint density at radius 3 is 2.58 bits per heavy atom. The molecule has 5 rings (SSSR count). The Kier molecular flexibility index (Phi) is 8.54. The zero-order chi connectivity index (χ0) is 30.7. The van der Waals surface area contributed by atoms with E-state index in [2.05, 4.69) is 10.3 Å². The predicted octanol–water partition coefficient (Wildman–Crippen LogP) is 5.54. The van der Waals surface area contributed by atoms with Gasteiger partial charge < -0.3 is 10.1 Å². The van der Waals surface area contributed by atoms with Crippen LogP contribution in [0.5, 0.6) is 0 Å². The first kappa shape index (κ1) is 29.8. The SMILES string of the molecule is N#Cc1ccnc(N2C(=O)OC[C@H]2C(=O)N(c2cccc(F)c2)[C@H](C(=O)NC2CCC(F)(F)CC2)c2ccccc2Cl)c1. The molecule has 3 aromatic rings. The quantitative estimate of drug-likeness (QED) is 0.375. The van der Waals surface area contributed by atoms with E-state index in [0.717, 1.165) is 21.9 Å². The van der Waals surface area contributed by atoms with Crippen molar-refractivity contribution in [1.29, 1.82) is 5.26 Å². The van der Waals surface area contributed by atoms with Gasteiger partial charge in [-0.15, -0.1) is 0 Å². The second-order valence-corrected chi connectivity index (χ2v) is 10.6. The van der Waals surface area contributed by atoms with E-state index in [1.807, 2.05) is 6.07 Å². The molecule has 0 unspecified atom stereocenters. The number of hydrogen-bond donors (Lipinski definition) is 1. The summed E-state index contributed by atoms with van der Waals surface area (Å²) in [6.45, 7) is -0.434. The van der Waals surface area contributed by atoms with E-state index >= 15 is 0 Å². The zero-order valence-electron chi connectivity index (χ0n) is 22.6. The molecule has 2 heterocycles. The summed E-state index contributed by atoms with van der Waals surface area (Å²) in [5.41, 5.74) is 0.323. The Morgan fingerprint density at radius 1 is 1.14 bits per heavy atom. The molecule has 0 radical (unpaired) electrons. The van der Waals surface area contributed by atoms with Gasteiger partial charge in [-0.25, -0.2) is 27.8 Å². The van der Waals surface area contributed by atoms with Gasteiger partial charge in [0.15, 0.2) is 6.04 Å². The molecule has 13 heteroatoms. The number of pyridine rings is 1. The number of rotatable bonds is 7. The van der Waals surface area contributed by atoms with Gasteiger partial charge in [-0.3, -0.25) is 14.5 Å². The van der Waals surface area contributed by atoms with Crippen molar-refractivity contribution < 1.29 is 32.3 Å². The minimum atomic E-state index is -2.83. The maximum absolute atomic E-state index is 14.6. The fourth-order valence-electron chi connectivity index (χ4n) is 5.23. The van der Waals surface area contributed by atoms with Crippen molar-refractivity contribution in [2.75, 3.05) is 16.4 Å². The molecule has 0 bridgehead atoms. The molecule has 43 heavy (non-hydrogen) atoms. The molecular formula is C30H25ClF3N5O4. The minimum absolute atomic E-state index is 0.0154. The third-order valence-corrected chi connectivity index (χ3v) is 7.72. The van der Waals surface area contributed by atoms with Gasteiger partial charge in [0.2, 0.25) is 11.8 Å². The highest BCUT2D eigenvalue weighted by molar-refractivity contribution is 6.31. The van der Waals surface area contributed by atoms with Gasteiger partial charge in [0, 0.05) is 41.4 Å². The number of benzene rings is 2. The van der Waals surface area contributed by atoms with Gasteiger partial charge in [-0.1, -0.05) is 35.9 Å². The largest absolute Gasteiger partial charge is 0.446 e. The fraction of sp³-hybridized carbons (Fsp3) is 0.300. The van der Waals surface area contributed by atoms with Crippen LogP contribution < -0.4 is 15.1 Å². The average Bonchev–Trinajstić information content (AvgIpc) is 3.38. The Balaban J connectivity index is 1.59. The van der Waals surface area contributed by atoms with E-state index in [-0.39, 0.29) is 40.5 Å². The summed E-state index contributed by atoms with van der Waals surface area (Å²) < 4.78 is 47.4. The second-order valence-electron chi connectivity index (χ2n) is 10.2. The van der Waals surface area contributed by atoms with E-state index in [1.165, 1.54) is 42.6 Å². The number of ether oxygens (including phenoxy) is 1. The van der Waals surface area contributed by atoms with Crippen molar-refractivity contribution in [3.63, 3.8) is 0 Å². The number of aromatic nitrogens is 1. The van der Waals surface area contributed by atoms with Crippen molar-refractivity contribution in [2.45, 2.75) is 49.7 Å². The number of nitriles is 1. The highest BCUT2D eigenvalue weighted by Gasteiger charge is 2.46. The Bertz CT molecular complexity index is 1590. The number of hydrogen-bond acceptors (Lipinski definition) is 6. The number of alkyl halides is 2. The number of anilines is 2. The number of nitrogens with zero attached hydrogens (tertiary/aromatic N) is 4. The number of carbonyl (C=O) groups is 3. The second kappa shape index (κ2) is 12.3. The molecule has 1 saturated carbocycles. The van der Waals surface area contributed by atoms with Crippen molar-refractivity contribution >= 4 is 41.0 Å². The summed E-state index contributed by atoms with van der Waals surface area (Å²) in [6.07, 6.45) is -0.414. The molecule has 1 N–H and O–H groups in total. The minimum Gasteiger partial charge on any atom is -0.446 e. The van der Waals surface area contributed by atoms with Crippen LogP contribution in [-0.4, -0.2) is 47.5 Å². The van der Waals surface area contributed by atoms with E-state index in [0.29, 0.717) is 0 Å². The lowest BCUT2D eigenvalue weighted by Crippen LogP contribution is -2.54.